The minimum atomic E-state index is -1.35. The number of carbonyl (C=O) groups excluding carboxylic acids is 1. The van der Waals surface area contributed by atoms with E-state index in [-0.39, 0.29) is 5.24 Å². The molecule has 0 aliphatic carbocycles. The Kier molecular flexibility index (Phi) is 3.65. The molecule has 54 valence electrons. The average molecular weight is 149 g/mol. The molecule has 0 radical (unpaired) electrons. The third-order valence-electron chi connectivity index (χ3n) is 1.03. The summed E-state index contributed by atoms with van der Waals surface area (Å²) < 4.78 is 10.5. The lowest BCUT2D eigenvalue weighted by molar-refractivity contribution is 0.233. The summed E-state index contributed by atoms with van der Waals surface area (Å²) in [5.74, 6) is 0. The quantitative estimate of drug-likeness (QED) is 0.508. The highest BCUT2D eigenvalue weighted by atomic mass is 32.2. The lowest BCUT2D eigenvalue weighted by atomic mass is 10.7. The van der Waals surface area contributed by atoms with Crippen molar-refractivity contribution in [3.05, 3.63) is 0 Å². The van der Waals surface area contributed by atoms with Crippen molar-refractivity contribution in [3.8, 4) is 0 Å². The van der Waals surface area contributed by atoms with Crippen LogP contribution in [0.4, 0.5) is 4.79 Å². The SMILES string of the molecule is CCN(C)C(=O)[S+](C)[O-]. The Balaban J connectivity index is 3.73. The molecular formula is C5H11NO2S. The second-order valence-corrected chi connectivity index (χ2v) is 2.99. The molecule has 0 bridgehead atoms. The van der Waals surface area contributed by atoms with E-state index in [0.29, 0.717) is 6.54 Å². The van der Waals surface area contributed by atoms with Gasteiger partial charge in [0.05, 0.1) is 0 Å². The Morgan fingerprint density at radius 2 is 2.22 bits per heavy atom. The van der Waals surface area contributed by atoms with Crippen LogP contribution in [0.2, 0.25) is 0 Å². The molecule has 0 heterocycles. The van der Waals surface area contributed by atoms with Crippen molar-refractivity contribution in [2.75, 3.05) is 19.8 Å². The van der Waals surface area contributed by atoms with Crippen LogP contribution in [0.1, 0.15) is 6.92 Å². The standard InChI is InChI=1S/C5H11NO2S/c1-4-6(2)5(7)9(3)8/h4H2,1-3H3. The molecule has 3 nitrogen and oxygen atoms in total. The monoisotopic (exact) mass is 149 g/mol. The summed E-state index contributed by atoms with van der Waals surface area (Å²) in [5, 5.41) is -0.308. The summed E-state index contributed by atoms with van der Waals surface area (Å²) in [5.41, 5.74) is 0. The third-order valence-corrected chi connectivity index (χ3v) is 1.84. The van der Waals surface area contributed by atoms with Gasteiger partial charge in [-0.15, -0.1) is 0 Å². The number of hydrogen-bond donors (Lipinski definition) is 0. The van der Waals surface area contributed by atoms with Crippen LogP contribution in [-0.2, 0) is 11.2 Å². The van der Waals surface area contributed by atoms with Gasteiger partial charge in [0.15, 0.2) is 0 Å². The van der Waals surface area contributed by atoms with Gasteiger partial charge in [-0.2, -0.15) is 0 Å². The van der Waals surface area contributed by atoms with Crippen LogP contribution in [0.5, 0.6) is 0 Å². The molecule has 0 rings (SSSR count). The molecule has 1 unspecified atom stereocenters. The van der Waals surface area contributed by atoms with E-state index in [4.69, 9.17) is 0 Å². The molecule has 1 atom stereocenters. The van der Waals surface area contributed by atoms with E-state index in [0.717, 1.165) is 0 Å². The van der Waals surface area contributed by atoms with Crippen LogP contribution in [0.15, 0.2) is 0 Å². The Labute approximate surface area is 58.2 Å². The van der Waals surface area contributed by atoms with Crippen LogP contribution in [0, 0.1) is 0 Å². The Morgan fingerprint density at radius 3 is 2.33 bits per heavy atom. The molecular weight excluding hydrogens is 138 g/mol. The molecule has 0 aliphatic heterocycles. The van der Waals surface area contributed by atoms with Crippen molar-refractivity contribution in [1.29, 1.82) is 0 Å². The normalized spacial score (nSPS) is 12.9. The van der Waals surface area contributed by atoms with E-state index in [1.807, 2.05) is 6.92 Å². The lowest BCUT2D eigenvalue weighted by Crippen LogP contribution is -2.30. The van der Waals surface area contributed by atoms with Crippen LogP contribution >= 0.6 is 0 Å². The number of amides is 1. The van der Waals surface area contributed by atoms with Crippen molar-refractivity contribution in [3.63, 3.8) is 0 Å². The summed E-state index contributed by atoms with van der Waals surface area (Å²) in [7, 11) is 1.63. The summed E-state index contributed by atoms with van der Waals surface area (Å²) in [6.07, 6.45) is 1.38. The number of nitrogens with zero attached hydrogens (tertiary/aromatic N) is 1. The highest BCUT2D eigenvalue weighted by Gasteiger charge is 2.16. The molecule has 0 aromatic carbocycles. The van der Waals surface area contributed by atoms with Crippen LogP contribution < -0.4 is 0 Å². The fourth-order valence-corrected chi connectivity index (χ4v) is 0.917. The van der Waals surface area contributed by atoms with Gasteiger partial charge in [0.25, 0.3) is 0 Å². The second kappa shape index (κ2) is 3.74. The fraction of sp³-hybridized carbons (Fsp3) is 0.800. The lowest BCUT2D eigenvalue weighted by Gasteiger charge is -2.12. The van der Waals surface area contributed by atoms with Crippen LogP contribution in [0.25, 0.3) is 0 Å². The van der Waals surface area contributed by atoms with Crippen LogP contribution in [0.3, 0.4) is 0 Å². The van der Waals surface area contributed by atoms with Gasteiger partial charge in [-0.05, 0) is 6.92 Å². The first-order valence-corrected chi connectivity index (χ1v) is 4.24. The maximum absolute atomic E-state index is 10.7. The minimum Gasteiger partial charge on any atom is -0.608 e. The van der Waals surface area contributed by atoms with E-state index in [2.05, 4.69) is 0 Å². The van der Waals surface area contributed by atoms with Crippen molar-refractivity contribution in [1.82, 2.24) is 4.90 Å². The molecule has 0 spiro atoms. The van der Waals surface area contributed by atoms with E-state index >= 15 is 0 Å². The Bertz CT molecular complexity index is 105. The summed E-state index contributed by atoms with van der Waals surface area (Å²) in [4.78, 5) is 12.1. The van der Waals surface area contributed by atoms with Gasteiger partial charge in [0.1, 0.15) is 6.26 Å². The van der Waals surface area contributed by atoms with Gasteiger partial charge < -0.3 is 9.45 Å². The number of carbonyl (C=O) groups is 1. The van der Waals surface area contributed by atoms with Crippen molar-refractivity contribution in [2.45, 2.75) is 6.92 Å². The first kappa shape index (κ1) is 8.78. The first-order valence-electron chi connectivity index (χ1n) is 2.68. The predicted molar refractivity (Wildman–Crippen MR) is 37.8 cm³/mol. The average Bonchev–Trinajstić information content (AvgIpc) is 1.84. The van der Waals surface area contributed by atoms with E-state index in [1.165, 1.54) is 11.2 Å². The highest BCUT2D eigenvalue weighted by molar-refractivity contribution is 8.05. The first-order chi connectivity index (χ1) is 4.09. The molecule has 9 heavy (non-hydrogen) atoms. The van der Waals surface area contributed by atoms with E-state index in [1.54, 1.807) is 7.05 Å². The zero-order valence-corrected chi connectivity index (χ0v) is 6.70. The minimum absolute atomic E-state index is 0.308. The number of rotatable bonds is 1. The molecule has 0 aromatic rings. The summed E-state index contributed by atoms with van der Waals surface area (Å²) in [6.45, 7) is 2.45. The fourth-order valence-electron chi connectivity index (χ4n) is 0.349. The van der Waals surface area contributed by atoms with Crippen molar-refractivity contribution >= 4 is 16.4 Å². The van der Waals surface area contributed by atoms with E-state index < -0.39 is 11.2 Å². The zero-order chi connectivity index (χ0) is 7.44. The number of hydrogen-bond acceptors (Lipinski definition) is 2. The second-order valence-electron chi connectivity index (χ2n) is 1.73. The third kappa shape index (κ3) is 2.72. The predicted octanol–water partition coefficient (Wildman–Crippen LogP) is 0.437. The molecule has 0 fully saturated rings. The van der Waals surface area contributed by atoms with Crippen LogP contribution in [-0.4, -0.2) is 34.5 Å². The van der Waals surface area contributed by atoms with Gasteiger partial charge in [-0.3, -0.25) is 0 Å². The molecule has 1 amide bonds. The molecule has 0 aromatic heterocycles. The van der Waals surface area contributed by atoms with Crippen molar-refractivity contribution < 1.29 is 9.35 Å². The largest absolute Gasteiger partial charge is 0.608 e. The molecule has 4 heteroatoms. The maximum atomic E-state index is 10.7. The summed E-state index contributed by atoms with van der Waals surface area (Å²) in [6, 6.07) is 0. The zero-order valence-electron chi connectivity index (χ0n) is 5.88. The van der Waals surface area contributed by atoms with E-state index in [9.17, 15) is 9.35 Å². The highest BCUT2D eigenvalue weighted by Crippen LogP contribution is 1.93. The van der Waals surface area contributed by atoms with Gasteiger partial charge >= 0.3 is 5.24 Å². The molecule has 0 N–H and O–H groups in total. The maximum Gasteiger partial charge on any atom is 0.429 e. The van der Waals surface area contributed by atoms with Gasteiger partial charge in [0.2, 0.25) is 0 Å². The summed E-state index contributed by atoms with van der Waals surface area (Å²) >= 11 is -1.35. The van der Waals surface area contributed by atoms with Crippen molar-refractivity contribution in [2.24, 2.45) is 0 Å². The van der Waals surface area contributed by atoms with Gasteiger partial charge in [-0.1, -0.05) is 0 Å². The molecule has 0 aliphatic rings. The Morgan fingerprint density at radius 1 is 1.78 bits per heavy atom. The topological polar surface area (TPSA) is 43.4 Å². The Hall–Kier alpha value is -0.220. The molecule has 0 saturated carbocycles. The van der Waals surface area contributed by atoms with Gasteiger partial charge in [-0.25, -0.2) is 4.79 Å². The smallest absolute Gasteiger partial charge is 0.429 e. The van der Waals surface area contributed by atoms with Gasteiger partial charge in [0, 0.05) is 24.8 Å². The molecule has 0 saturated heterocycles.